The SMILES string of the molecule is Cc1ccc(NS(=O)(=O)c2ccc(N3CCCC(C(C)O)C3)c([N+](=O)[O-])c2)c(C)c1. The van der Waals surface area contributed by atoms with Gasteiger partial charge in [0.15, 0.2) is 0 Å². The highest BCUT2D eigenvalue weighted by Crippen LogP contribution is 2.34. The highest BCUT2D eigenvalue weighted by Gasteiger charge is 2.29. The third-order valence-corrected chi connectivity index (χ3v) is 6.92. The minimum Gasteiger partial charge on any atom is -0.393 e. The van der Waals surface area contributed by atoms with Crippen LogP contribution in [0.4, 0.5) is 17.1 Å². The third kappa shape index (κ3) is 4.73. The van der Waals surface area contributed by atoms with Crippen molar-refractivity contribution in [3.05, 3.63) is 57.6 Å². The van der Waals surface area contributed by atoms with E-state index in [0.717, 1.165) is 30.0 Å². The molecule has 2 atom stereocenters. The summed E-state index contributed by atoms with van der Waals surface area (Å²) in [6.07, 6.45) is 1.16. The summed E-state index contributed by atoms with van der Waals surface area (Å²) in [4.78, 5) is 12.9. The Balaban J connectivity index is 1.93. The number of aryl methyl sites for hydroxylation is 2. The quantitative estimate of drug-likeness (QED) is 0.532. The van der Waals surface area contributed by atoms with E-state index >= 15 is 0 Å². The molecule has 1 saturated heterocycles. The van der Waals surface area contributed by atoms with Gasteiger partial charge in [-0.3, -0.25) is 14.8 Å². The number of hydrogen-bond donors (Lipinski definition) is 2. The van der Waals surface area contributed by atoms with Gasteiger partial charge < -0.3 is 10.0 Å². The summed E-state index contributed by atoms with van der Waals surface area (Å²) < 4.78 is 28.2. The van der Waals surface area contributed by atoms with Crippen LogP contribution >= 0.6 is 0 Å². The van der Waals surface area contributed by atoms with E-state index < -0.39 is 21.1 Å². The zero-order valence-electron chi connectivity index (χ0n) is 17.3. The van der Waals surface area contributed by atoms with Crippen molar-refractivity contribution in [2.75, 3.05) is 22.7 Å². The average molecular weight is 434 g/mol. The monoisotopic (exact) mass is 433 g/mol. The first-order chi connectivity index (χ1) is 14.1. The number of benzene rings is 2. The van der Waals surface area contributed by atoms with E-state index in [-0.39, 0.29) is 16.5 Å². The molecule has 9 heteroatoms. The van der Waals surface area contributed by atoms with Crippen molar-refractivity contribution in [3.8, 4) is 0 Å². The summed E-state index contributed by atoms with van der Waals surface area (Å²) in [5, 5.41) is 21.6. The molecule has 8 nitrogen and oxygen atoms in total. The summed E-state index contributed by atoms with van der Waals surface area (Å²) in [5.74, 6) is 0.0212. The Morgan fingerprint density at radius 3 is 2.60 bits per heavy atom. The largest absolute Gasteiger partial charge is 0.393 e. The van der Waals surface area contributed by atoms with Crippen LogP contribution < -0.4 is 9.62 Å². The fourth-order valence-corrected chi connectivity index (χ4v) is 4.99. The summed E-state index contributed by atoms with van der Waals surface area (Å²) in [5.41, 5.74) is 2.32. The molecule has 1 aliphatic rings. The van der Waals surface area contributed by atoms with E-state index in [1.54, 1.807) is 26.0 Å². The highest BCUT2D eigenvalue weighted by atomic mass is 32.2. The molecular formula is C21H27N3O5S. The lowest BCUT2D eigenvalue weighted by atomic mass is 9.93. The van der Waals surface area contributed by atoms with Gasteiger partial charge in [-0.25, -0.2) is 8.42 Å². The van der Waals surface area contributed by atoms with Crippen LogP contribution in [0.1, 0.15) is 30.9 Å². The van der Waals surface area contributed by atoms with Crippen LogP contribution in [0.15, 0.2) is 41.3 Å². The topological polar surface area (TPSA) is 113 Å². The number of nitrogens with one attached hydrogen (secondary N) is 1. The molecule has 1 fully saturated rings. The van der Waals surface area contributed by atoms with Crippen LogP contribution in [0.3, 0.4) is 0 Å². The van der Waals surface area contributed by atoms with E-state index in [1.165, 1.54) is 12.1 Å². The Bertz CT molecular complexity index is 1050. The number of aliphatic hydroxyl groups is 1. The summed E-state index contributed by atoms with van der Waals surface area (Å²) in [6, 6.07) is 9.31. The lowest BCUT2D eigenvalue weighted by molar-refractivity contribution is -0.384. The maximum absolute atomic E-state index is 12.9. The van der Waals surface area contributed by atoms with E-state index in [4.69, 9.17) is 0 Å². The van der Waals surface area contributed by atoms with Crippen molar-refractivity contribution >= 4 is 27.1 Å². The van der Waals surface area contributed by atoms with Crippen LogP contribution in [-0.4, -0.2) is 37.6 Å². The second-order valence-electron chi connectivity index (χ2n) is 7.92. The summed E-state index contributed by atoms with van der Waals surface area (Å²) in [7, 11) is -3.99. The Morgan fingerprint density at radius 2 is 1.97 bits per heavy atom. The van der Waals surface area contributed by atoms with Gasteiger partial charge in [0, 0.05) is 25.1 Å². The molecule has 0 saturated carbocycles. The van der Waals surface area contributed by atoms with Gasteiger partial charge in [-0.2, -0.15) is 0 Å². The zero-order chi connectivity index (χ0) is 22.1. The fraction of sp³-hybridized carbons (Fsp3) is 0.429. The van der Waals surface area contributed by atoms with Gasteiger partial charge in [0.25, 0.3) is 15.7 Å². The maximum Gasteiger partial charge on any atom is 0.293 e. The molecule has 0 radical (unpaired) electrons. The van der Waals surface area contributed by atoms with E-state index in [9.17, 15) is 23.6 Å². The van der Waals surface area contributed by atoms with E-state index in [0.29, 0.717) is 24.5 Å². The number of rotatable bonds is 6. The van der Waals surface area contributed by atoms with Crippen LogP contribution in [0, 0.1) is 29.9 Å². The normalized spacial score (nSPS) is 18.1. The average Bonchev–Trinajstić information content (AvgIpc) is 2.69. The number of sulfonamides is 1. The Kier molecular flexibility index (Phi) is 6.33. The standard InChI is InChI=1S/C21H27N3O5S/c1-14-6-8-19(15(2)11-14)22-30(28,29)18-7-9-20(21(12-18)24(26)27)23-10-4-5-17(13-23)16(3)25/h6-9,11-12,16-17,22,25H,4-5,10,13H2,1-3H3. The molecule has 2 aromatic carbocycles. The number of anilines is 2. The summed E-state index contributed by atoms with van der Waals surface area (Å²) in [6.45, 7) is 6.54. The first kappa shape index (κ1) is 22.0. The van der Waals surface area contributed by atoms with Crippen LogP contribution in [0.5, 0.6) is 0 Å². The summed E-state index contributed by atoms with van der Waals surface area (Å²) >= 11 is 0. The molecule has 30 heavy (non-hydrogen) atoms. The predicted octanol–water partition coefficient (Wildman–Crippen LogP) is 3.61. The van der Waals surface area contributed by atoms with Crippen molar-refractivity contribution in [3.63, 3.8) is 0 Å². The van der Waals surface area contributed by atoms with Gasteiger partial charge in [0.2, 0.25) is 0 Å². The molecular weight excluding hydrogens is 406 g/mol. The number of piperidine rings is 1. The zero-order valence-corrected chi connectivity index (χ0v) is 18.1. The van der Waals surface area contributed by atoms with Crippen LogP contribution in [-0.2, 0) is 10.0 Å². The molecule has 2 aromatic rings. The Hall–Kier alpha value is -2.65. The Morgan fingerprint density at radius 1 is 1.23 bits per heavy atom. The second-order valence-corrected chi connectivity index (χ2v) is 9.60. The van der Waals surface area contributed by atoms with Crippen molar-refractivity contribution in [1.29, 1.82) is 0 Å². The van der Waals surface area contributed by atoms with Gasteiger partial charge in [0.1, 0.15) is 5.69 Å². The molecule has 0 aliphatic carbocycles. The molecule has 0 aromatic heterocycles. The smallest absolute Gasteiger partial charge is 0.293 e. The molecule has 162 valence electrons. The molecule has 0 spiro atoms. The van der Waals surface area contributed by atoms with Gasteiger partial charge in [-0.15, -0.1) is 0 Å². The number of nitro benzene ring substituents is 1. The molecule has 3 rings (SSSR count). The highest BCUT2D eigenvalue weighted by molar-refractivity contribution is 7.92. The molecule has 1 aliphatic heterocycles. The van der Waals surface area contributed by atoms with E-state index in [2.05, 4.69) is 4.72 Å². The van der Waals surface area contributed by atoms with Gasteiger partial charge in [-0.05, 0) is 57.4 Å². The molecule has 0 amide bonds. The Labute approximate surface area is 176 Å². The lowest BCUT2D eigenvalue weighted by Gasteiger charge is -2.35. The van der Waals surface area contributed by atoms with E-state index in [1.807, 2.05) is 17.9 Å². The number of aliphatic hydroxyl groups excluding tert-OH is 1. The molecule has 2 N–H and O–H groups in total. The number of nitro groups is 1. The molecule has 2 unspecified atom stereocenters. The third-order valence-electron chi connectivity index (χ3n) is 5.56. The first-order valence-electron chi connectivity index (χ1n) is 9.90. The van der Waals surface area contributed by atoms with Crippen LogP contribution in [0.25, 0.3) is 0 Å². The van der Waals surface area contributed by atoms with Gasteiger partial charge in [0.05, 0.1) is 21.6 Å². The first-order valence-corrected chi connectivity index (χ1v) is 11.4. The van der Waals surface area contributed by atoms with Crippen molar-refractivity contribution in [2.45, 2.75) is 44.6 Å². The van der Waals surface area contributed by atoms with Crippen molar-refractivity contribution in [1.82, 2.24) is 0 Å². The van der Waals surface area contributed by atoms with Gasteiger partial charge in [-0.1, -0.05) is 17.7 Å². The maximum atomic E-state index is 12.9. The van der Waals surface area contributed by atoms with Crippen LogP contribution in [0.2, 0.25) is 0 Å². The number of nitrogens with zero attached hydrogens (tertiary/aromatic N) is 2. The van der Waals surface area contributed by atoms with Gasteiger partial charge >= 0.3 is 0 Å². The lowest BCUT2D eigenvalue weighted by Crippen LogP contribution is -2.39. The minimum atomic E-state index is -3.99. The fourth-order valence-electron chi connectivity index (χ4n) is 3.84. The van der Waals surface area contributed by atoms with Crippen molar-refractivity contribution < 1.29 is 18.4 Å². The molecule has 0 bridgehead atoms. The minimum absolute atomic E-state index is 0.0212. The molecule has 1 heterocycles. The predicted molar refractivity (Wildman–Crippen MR) is 116 cm³/mol. The second kappa shape index (κ2) is 8.61. The number of hydrogen-bond acceptors (Lipinski definition) is 6. The van der Waals surface area contributed by atoms with Crippen molar-refractivity contribution in [2.24, 2.45) is 5.92 Å².